The molecule has 152 valence electrons. The Hall–Kier alpha value is -3.00. The molecule has 3 rings (SSSR count). The lowest BCUT2D eigenvalue weighted by atomic mass is 10.1. The first-order valence-corrected chi connectivity index (χ1v) is 9.68. The highest BCUT2D eigenvalue weighted by Gasteiger charge is 2.19. The zero-order chi connectivity index (χ0) is 20.8. The summed E-state index contributed by atoms with van der Waals surface area (Å²) in [5.74, 6) is 0.535. The first-order valence-electron chi connectivity index (χ1n) is 8.89. The number of esters is 1. The lowest BCUT2D eigenvalue weighted by Gasteiger charge is -2.20. The molecular formula is C21H20BrNO6. The zero-order valence-corrected chi connectivity index (χ0v) is 17.5. The predicted molar refractivity (Wildman–Crippen MR) is 111 cm³/mol. The van der Waals surface area contributed by atoms with E-state index in [1.807, 2.05) is 0 Å². The van der Waals surface area contributed by atoms with E-state index in [9.17, 15) is 9.59 Å². The van der Waals surface area contributed by atoms with Gasteiger partial charge in [0.05, 0.1) is 7.11 Å². The molecular weight excluding hydrogens is 442 g/mol. The van der Waals surface area contributed by atoms with Crippen molar-refractivity contribution in [2.75, 3.05) is 25.6 Å². The fraction of sp³-hybridized carbons (Fsp3) is 0.238. The van der Waals surface area contributed by atoms with Crippen LogP contribution in [0.2, 0.25) is 0 Å². The Balaban J connectivity index is 1.60. The average Bonchev–Trinajstić information content (AvgIpc) is 2.73. The van der Waals surface area contributed by atoms with E-state index in [-0.39, 0.29) is 0 Å². The third-order valence-corrected chi connectivity index (χ3v) is 4.56. The molecule has 0 spiro atoms. The summed E-state index contributed by atoms with van der Waals surface area (Å²) < 4.78 is 22.5. The number of benzene rings is 2. The highest BCUT2D eigenvalue weighted by atomic mass is 79.9. The largest absolute Gasteiger partial charge is 0.493 e. The summed E-state index contributed by atoms with van der Waals surface area (Å²) in [5.41, 5.74) is 1.29. The van der Waals surface area contributed by atoms with Gasteiger partial charge in [-0.25, -0.2) is 4.79 Å². The van der Waals surface area contributed by atoms with Crippen LogP contribution in [0.4, 0.5) is 5.69 Å². The number of hydrogen-bond acceptors (Lipinski definition) is 6. The van der Waals surface area contributed by atoms with Gasteiger partial charge in [0.25, 0.3) is 5.91 Å². The molecule has 0 saturated carbocycles. The van der Waals surface area contributed by atoms with Crippen LogP contribution < -0.4 is 19.5 Å². The Morgan fingerprint density at radius 1 is 1.17 bits per heavy atom. The highest BCUT2D eigenvalue weighted by Crippen LogP contribution is 2.40. The molecule has 1 atom stereocenters. The molecule has 2 aromatic rings. The van der Waals surface area contributed by atoms with Crippen LogP contribution in [0.15, 0.2) is 46.9 Å². The first kappa shape index (κ1) is 20.7. The molecule has 2 aromatic carbocycles. The van der Waals surface area contributed by atoms with Crippen molar-refractivity contribution >= 4 is 39.6 Å². The molecule has 29 heavy (non-hydrogen) atoms. The van der Waals surface area contributed by atoms with Crippen LogP contribution in [0.25, 0.3) is 6.08 Å². The fourth-order valence-electron chi connectivity index (χ4n) is 2.60. The maximum Gasteiger partial charge on any atom is 0.331 e. The average molecular weight is 462 g/mol. The Labute approximate surface area is 176 Å². The molecule has 8 heteroatoms. The summed E-state index contributed by atoms with van der Waals surface area (Å²) in [6, 6.07) is 10.6. The maximum atomic E-state index is 12.2. The van der Waals surface area contributed by atoms with Crippen LogP contribution in [0, 0.1) is 0 Å². The number of ether oxygens (including phenoxy) is 4. The van der Waals surface area contributed by atoms with Gasteiger partial charge >= 0.3 is 5.97 Å². The van der Waals surface area contributed by atoms with Crippen molar-refractivity contribution in [3.8, 4) is 17.2 Å². The topological polar surface area (TPSA) is 83.1 Å². The number of rotatable bonds is 6. The Kier molecular flexibility index (Phi) is 6.77. The molecule has 0 saturated heterocycles. The normalized spacial score (nSPS) is 13.6. The van der Waals surface area contributed by atoms with Gasteiger partial charge in [0, 0.05) is 16.2 Å². The number of hydrogen-bond donors (Lipinski definition) is 1. The van der Waals surface area contributed by atoms with Gasteiger partial charge in [0.15, 0.2) is 17.6 Å². The van der Waals surface area contributed by atoms with Gasteiger partial charge in [-0.1, -0.05) is 15.9 Å². The number of fused-ring (bicyclic) bond motifs is 1. The monoisotopic (exact) mass is 461 g/mol. The molecule has 1 N–H and O–H groups in total. The molecule has 0 aliphatic carbocycles. The molecule has 0 unspecified atom stereocenters. The van der Waals surface area contributed by atoms with Gasteiger partial charge in [-0.05, 0) is 55.0 Å². The van der Waals surface area contributed by atoms with E-state index < -0.39 is 18.0 Å². The van der Waals surface area contributed by atoms with Gasteiger partial charge in [-0.2, -0.15) is 0 Å². The zero-order valence-electron chi connectivity index (χ0n) is 15.9. The van der Waals surface area contributed by atoms with Crippen LogP contribution in [0.3, 0.4) is 0 Å². The molecule has 1 aliphatic rings. The van der Waals surface area contributed by atoms with E-state index in [1.165, 1.54) is 20.1 Å². The molecule has 0 aromatic heterocycles. The number of halogens is 1. The van der Waals surface area contributed by atoms with Crippen molar-refractivity contribution in [1.29, 1.82) is 0 Å². The summed E-state index contributed by atoms with van der Waals surface area (Å²) in [5, 5.41) is 2.69. The van der Waals surface area contributed by atoms with Crippen molar-refractivity contribution in [2.24, 2.45) is 0 Å². The van der Waals surface area contributed by atoms with Crippen molar-refractivity contribution in [3.63, 3.8) is 0 Å². The van der Waals surface area contributed by atoms with E-state index in [2.05, 4.69) is 21.2 Å². The van der Waals surface area contributed by atoms with Gasteiger partial charge in [0.2, 0.25) is 5.75 Å². The van der Waals surface area contributed by atoms with Crippen molar-refractivity contribution < 1.29 is 28.5 Å². The van der Waals surface area contributed by atoms with Crippen LogP contribution in [0.1, 0.15) is 12.5 Å². The first-order chi connectivity index (χ1) is 14.0. The van der Waals surface area contributed by atoms with Gasteiger partial charge in [0.1, 0.15) is 13.2 Å². The third kappa shape index (κ3) is 5.51. The Morgan fingerprint density at radius 3 is 2.62 bits per heavy atom. The molecule has 7 nitrogen and oxygen atoms in total. The lowest BCUT2D eigenvalue weighted by molar-refractivity contribution is -0.148. The highest BCUT2D eigenvalue weighted by molar-refractivity contribution is 9.10. The smallest absolute Gasteiger partial charge is 0.331 e. The molecule has 1 heterocycles. The third-order valence-electron chi connectivity index (χ3n) is 4.04. The van der Waals surface area contributed by atoms with E-state index in [0.717, 1.165) is 4.47 Å². The fourth-order valence-corrected chi connectivity index (χ4v) is 2.86. The summed E-state index contributed by atoms with van der Waals surface area (Å²) in [4.78, 5) is 24.3. The minimum Gasteiger partial charge on any atom is -0.493 e. The maximum absolute atomic E-state index is 12.2. The van der Waals surface area contributed by atoms with Crippen molar-refractivity contribution in [2.45, 2.75) is 13.0 Å². The number of nitrogens with one attached hydrogen (secondary N) is 1. The standard InChI is InChI=1S/C21H20BrNO6/c1-13(21(25)23-16-6-4-15(22)5-7-16)29-19(24)8-3-14-11-17(26-2)20-18(12-14)27-9-10-28-20/h3-8,11-13H,9-10H2,1-2H3,(H,23,25)/b8-3-/t13-/m0/s1. The van der Waals surface area contributed by atoms with Crippen molar-refractivity contribution in [1.82, 2.24) is 0 Å². The molecule has 1 amide bonds. The summed E-state index contributed by atoms with van der Waals surface area (Å²) in [6.07, 6.45) is 1.85. The predicted octanol–water partition coefficient (Wildman–Crippen LogP) is 3.81. The quantitative estimate of drug-likeness (QED) is 0.520. The summed E-state index contributed by atoms with van der Waals surface area (Å²) in [6.45, 7) is 2.40. The second kappa shape index (κ2) is 9.47. The van der Waals surface area contributed by atoms with Gasteiger partial charge in [-0.3, -0.25) is 4.79 Å². The molecule has 0 bridgehead atoms. The van der Waals surface area contributed by atoms with Gasteiger partial charge in [-0.15, -0.1) is 0 Å². The minimum atomic E-state index is -0.953. The summed E-state index contributed by atoms with van der Waals surface area (Å²) >= 11 is 3.33. The number of carbonyl (C=O) groups is 2. The molecule has 0 fully saturated rings. The SMILES string of the molecule is COc1cc(/C=C\C(=O)O[C@@H](C)C(=O)Nc2ccc(Br)cc2)cc2c1OCCO2. The number of amides is 1. The van der Waals surface area contributed by atoms with Crippen LogP contribution in [-0.2, 0) is 14.3 Å². The minimum absolute atomic E-state index is 0.421. The number of anilines is 1. The number of carbonyl (C=O) groups excluding carboxylic acids is 2. The second-order valence-corrected chi connectivity index (χ2v) is 7.07. The van der Waals surface area contributed by atoms with E-state index in [0.29, 0.717) is 41.7 Å². The molecule has 0 radical (unpaired) electrons. The van der Waals surface area contributed by atoms with E-state index in [4.69, 9.17) is 18.9 Å². The second-order valence-electron chi connectivity index (χ2n) is 6.16. The van der Waals surface area contributed by atoms with Gasteiger partial charge < -0.3 is 24.3 Å². The van der Waals surface area contributed by atoms with Crippen LogP contribution in [-0.4, -0.2) is 38.3 Å². The Bertz CT molecular complexity index is 908. The van der Waals surface area contributed by atoms with Crippen molar-refractivity contribution in [3.05, 3.63) is 52.5 Å². The number of methoxy groups -OCH3 is 1. The Morgan fingerprint density at radius 2 is 1.90 bits per heavy atom. The van der Waals surface area contributed by atoms with Crippen LogP contribution >= 0.6 is 15.9 Å². The van der Waals surface area contributed by atoms with E-state index in [1.54, 1.807) is 42.5 Å². The summed E-state index contributed by atoms with van der Waals surface area (Å²) in [7, 11) is 1.53. The lowest BCUT2D eigenvalue weighted by Crippen LogP contribution is -2.29. The molecule has 1 aliphatic heterocycles. The van der Waals surface area contributed by atoms with E-state index >= 15 is 0 Å². The van der Waals surface area contributed by atoms with Crippen LogP contribution in [0.5, 0.6) is 17.2 Å².